The molecule has 24 heavy (non-hydrogen) atoms. The van der Waals surface area contributed by atoms with Crippen molar-refractivity contribution in [2.75, 3.05) is 5.32 Å². The first-order valence-corrected chi connectivity index (χ1v) is 7.57. The van der Waals surface area contributed by atoms with E-state index in [1.165, 1.54) is 0 Å². The third kappa shape index (κ3) is 2.74. The van der Waals surface area contributed by atoms with Gasteiger partial charge in [0.1, 0.15) is 0 Å². The maximum absolute atomic E-state index is 4.29. The average Bonchev–Trinajstić information content (AvgIpc) is 3.33. The largest absolute Gasteiger partial charge is 0.376 e. The fraction of sp³-hybridized carbons (Fsp3) is 0.0588. The molecular weight excluding hydrogens is 302 g/mol. The molecule has 0 aliphatic carbocycles. The summed E-state index contributed by atoms with van der Waals surface area (Å²) in [4.78, 5) is 0. The van der Waals surface area contributed by atoms with Gasteiger partial charge in [-0.05, 0) is 40.8 Å². The Labute approximate surface area is 138 Å². The molecule has 0 saturated carbocycles. The van der Waals surface area contributed by atoms with E-state index in [9.17, 15) is 0 Å². The number of benzene rings is 2. The van der Waals surface area contributed by atoms with Gasteiger partial charge in [0.25, 0.3) is 0 Å². The van der Waals surface area contributed by atoms with Crippen LogP contribution >= 0.6 is 0 Å². The molecule has 0 spiro atoms. The molecule has 0 unspecified atom stereocenters. The van der Waals surface area contributed by atoms with Crippen molar-refractivity contribution in [1.82, 2.24) is 30.0 Å². The molecule has 0 amide bonds. The number of aromatic nitrogens is 6. The maximum atomic E-state index is 4.29. The molecule has 0 atom stereocenters. The van der Waals surface area contributed by atoms with Crippen molar-refractivity contribution in [2.45, 2.75) is 6.54 Å². The van der Waals surface area contributed by atoms with E-state index >= 15 is 0 Å². The van der Waals surface area contributed by atoms with Gasteiger partial charge in [-0.15, -0.1) is 5.10 Å². The lowest BCUT2D eigenvalue weighted by atomic mass is 10.2. The highest BCUT2D eigenvalue weighted by Crippen LogP contribution is 2.19. The normalized spacial score (nSPS) is 10.7. The molecule has 0 fully saturated rings. The number of nitrogens with zero attached hydrogens (tertiary/aromatic N) is 6. The van der Waals surface area contributed by atoms with E-state index in [4.69, 9.17) is 0 Å². The molecule has 0 radical (unpaired) electrons. The third-order valence-corrected chi connectivity index (χ3v) is 3.63. The van der Waals surface area contributed by atoms with Crippen LogP contribution in [0.4, 0.5) is 5.69 Å². The lowest BCUT2D eigenvalue weighted by Gasteiger charge is -2.12. The van der Waals surface area contributed by atoms with Crippen LogP contribution in [0, 0.1) is 0 Å². The fourth-order valence-corrected chi connectivity index (χ4v) is 2.49. The molecule has 4 aromatic rings. The fourth-order valence-electron chi connectivity index (χ4n) is 2.49. The molecule has 0 saturated heterocycles. The Bertz CT molecular complexity index is 913. The van der Waals surface area contributed by atoms with Crippen LogP contribution in [0.25, 0.3) is 11.4 Å². The number of tetrazole rings is 1. The van der Waals surface area contributed by atoms with E-state index in [0.29, 0.717) is 6.54 Å². The summed E-state index contributed by atoms with van der Waals surface area (Å²) in [6.45, 7) is 0.500. The Kier molecular flexibility index (Phi) is 3.73. The first kappa shape index (κ1) is 14.1. The van der Waals surface area contributed by atoms with Crippen molar-refractivity contribution >= 4 is 5.69 Å². The smallest absolute Gasteiger partial charge is 0.175 e. The van der Waals surface area contributed by atoms with Crippen molar-refractivity contribution < 1.29 is 0 Å². The summed E-state index contributed by atoms with van der Waals surface area (Å²) >= 11 is 0. The second-order valence-electron chi connectivity index (χ2n) is 5.16. The standard InChI is InChI=1S/C17H15N7/c1-2-7-14(8-3-1)24-17(20-21-22-24)13-18-15-9-4-5-10-16(15)23-12-6-11-19-23/h1-12,18H,13H2. The Balaban J connectivity index is 1.58. The zero-order valence-electron chi connectivity index (χ0n) is 12.8. The minimum Gasteiger partial charge on any atom is -0.376 e. The highest BCUT2D eigenvalue weighted by Gasteiger charge is 2.09. The quantitative estimate of drug-likeness (QED) is 0.612. The van der Waals surface area contributed by atoms with E-state index < -0.39 is 0 Å². The SMILES string of the molecule is c1ccc(-n2nnnc2CNc2ccccc2-n2cccn2)cc1. The monoisotopic (exact) mass is 317 g/mol. The van der Waals surface area contributed by atoms with Gasteiger partial charge in [0.05, 0.1) is 23.6 Å². The molecule has 0 aliphatic rings. The topological polar surface area (TPSA) is 73.5 Å². The van der Waals surface area contributed by atoms with Gasteiger partial charge >= 0.3 is 0 Å². The van der Waals surface area contributed by atoms with E-state index in [1.807, 2.05) is 71.5 Å². The maximum Gasteiger partial charge on any atom is 0.175 e. The second kappa shape index (κ2) is 6.33. The third-order valence-electron chi connectivity index (χ3n) is 3.63. The summed E-state index contributed by atoms with van der Waals surface area (Å²) in [5.74, 6) is 0.733. The Hall–Kier alpha value is -3.48. The van der Waals surface area contributed by atoms with Crippen molar-refractivity contribution in [3.8, 4) is 11.4 Å². The predicted molar refractivity (Wildman–Crippen MR) is 90.0 cm³/mol. The van der Waals surface area contributed by atoms with Crippen LogP contribution in [-0.2, 0) is 6.54 Å². The molecule has 7 nitrogen and oxygen atoms in total. The summed E-state index contributed by atoms with van der Waals surface area (Å²) in [5, 5.41) is 19.7. The molecule has 2 aromatic heterocycles. The number of para-hydroxylation sites is 3. The van der Waals surface area contributed by atoms with Gasteiger partial charge in [-0.2, -0.15) is 9.78 Å². The first-order chi connectivity index (χ1) is 11.9. The first-order valence-electron chi connectivity index (χ1n) is 7.57. The summed E-state index contributed by atoms with van der Waals surface area (Å²) in [6.07, 6.45) is 3.67. The van der Waals surface area contributed by atoms with Crippen LogP contribution in [0.15, 0.2) is 73.1 Å². The highest BCUT2D eigenvalue weighted by atomic mass is 15.5. The van der Waals surface area contributed by atoms with E-state index in [-0.39, 0.29) is 0 Å². The average molecular weight is 317 g/mol. The molecule has 0 aliphatic heterocycles. The van der Waals surface area contributed by atoms with Crippen molar-refractivity contribution in [3.05, 3.63) is 78.9 Å². The lowest BCUT2D eigenvalue weighted by Crippen LogP contribution is -2.10. The van der Waals surface area contributed by atoms with Crippen molar-refractivity contribution in [3.63, 3.8) is 0 Å². The summed E-state index contributed by atoms with van der Waals surface area (Å²) in [6, 6.07) is 19.7. The number of hydrogen-bond donors (Lipinski definition) is 1. The molecule has 1 N–H and O–H groups in total. The van der Waals surface area contributed by atoms with E-state index in [0.717, 1.165) is 22.9 Å². The van der Waals surface area contributed by atoms with Gasteiger partial charge in [0.2, 0.25) is 0 Å². The summed E-state index contributed by atoms with van der Waals surface area (Å²) < 4.78 is 3.55. The predicted octanol–water partition coefficient (Wildman–Crippen LogP) is 2.46. The van der Waals surface area contributed by atoms with Gasteiger partial charge in [-0.25, -0.2) is 4.68 Å². The number of hydrogen-bond acceptors (Lipinski definition) is 5. The van der Waals surface area contributed by atoms with Gasteiger partial charge in [-0.1, -0.05) is 30.3 Å². The zero-order valence-corrected chi connectivity index (χ0v) is 12.8. The van der Waals surface area contributed by atoms with E-state index in [1.54, 1.807) is 10.9 Å². The van der Waals surface area contributed by atoms with Crippen molar-refractivity contribution in [2.24, 2.45) is 0 Å². The van der Waals surface area contributed by atoms with Crippen LogP contribution in [0.2, 0.25) is 0 Å². The van der Waals surface area contributed by atoms with Gasteiger partial charge < -0.3 is 5.32 Å². The van der Waals surface area contributed by atoms with E-state index in [2.05, 4.69) is 25.9 Å². The lowest BCUT2D eigenvalue weighted by molar-refractivity contribution is 0.768. The molecule has 118 valence electrons. The van der Waals surface area contributed by atoms with Crippen LogP contribution in [0.1, 0.15) is 5.82 Å². The number of rotatable bonds is 5. The highest BCUT2D eigenvalue weighted by molar-refractivity contribution is 5.60. The number of anilines is 1. The van der Waals surface area contributed by atoms with Crippen molar-refractivity contribution in [1.29, 1.82) is 0 Å². The minimum absolute atomic E-state index is 0.500. The van der Waals surface area contributed by atoms with Crippen LogP contribution in [0.3, 0.4) is 0 Å². The van der Waals surface area contributed by atoms with Gasteiger partial charge in [0, 0.05) is 12.4 Å². The summed E-state index contributed by atoms with van der Waals surface area (Å²) in [5.41, 5.74) is 2.87. The Morgan fingerprint density at radius 3 is 2.58 bits per heavy atom. The van der Waals surface area contributed by atoms with Crippen LogP contribution in [-0.4, -0.2) is 30.0 Å². The molecule has 4 rings (SSSR count). The van der Waals surface area contributed by atoms with Crippen LogP contribution < -0.4 is 5.32 Å². The molecular formula is C17H15N7. The van der Waals surface area contributed by atoms with Gasteiger partial charge in [0.15, 0.2) is 5.82 Å². The zero-order chi connectivity index (χ0) is 16.2. The molecule has 2 heterocycles. The molecule has 2 aromatic carbocycles. The summed E-state index contributed by atoms with van der Waals surface area (Å²) in [7, 11) is 0. The molecule has 0 bridgehead atoms. The van der Waals surface area contributed by atoms with Gasteiger partial charge in [-0.3, -0.25) is 0 Å². The second-order valence-corrected chi connectivity index (χ2v) is 5.16. The number of nitrogens with one attached hydrogen (secondary N) is 1. The van der Waals surface area contributed by atoms with Crippen LogP contribution in [0.5, 0.6) is 0 Å². The molecule has 7 heteroatoms. The minimum atomic E-state index is 0.500. The Morgan fingerprint density at radius 1 is 0.917 bits per heavy atom. The Morgan fingerprint density at radius 2 is 1.75 bits per heavy atom.